The SMILES string of the molecule is CC1CN2CCCCC2CN1c1cc(C#N)ccc1N. The zero-order chi connectivity index (χ0) is 14.1. The maximum atomic E-state index is 9.09. The number of hydrogen-bond donors (Lipinski definition) is 1. The van der Waals surface area contributed by atoms with Gasteiger partial charge in [0, 0.05) is 25.2 Å². The van der Waals surface area contributed by atoms with Crippen molar-refractivity contribution in [1.82, 2.24) is 4.90 Å². The number of nitrogen functional groups attached to an aromatic ring is 1. The van der Waals surface area contributed by atoms with Crippen molar-refractivity contribution >= 4 is 11.4 Å². The lowest BCUT2D eigenvalue weighted by molar-refractivity contribution is 0.115. The van der Waals surface area contributed by atoms with Gasteiger partial charge in [0.2, 0.25) is 0 Å². The molecule has 2 aliphatic rings. The molecule has 0 amide bonds. The molecule has 2 aliphatic heterocycles. The van der Waals surface area contributed by atoms with Gasteiger partial charge in [-0.1, -0.05) is 6.42 Å². The molecule has 4 heteroatoms. The van der Waals surface area contributed by atoms with Gasteiger partial charge in [-0.2, -0.15) is 5.26 Å². The van der Waals surface area contributed by atoms with Crippen LogP contribution in [-0.4, -0.2) is 36.6 Å². The molecule has 0 aliphatic carbocycles. The first-order valence-corrected chi connectivity index (χ1v) is 7.49. The van der Waals surface area contributed by atoms with Crippen LogP contribution in [0.1, 0.15) is 31.7 Å². The van der Waals surface area contributed by atoms with E-state index in [1.54, 1.807) is 6.07 Å². The Balaban J connectivity index is 1.88. The van der Waals surface area contributed by atoms with Crippen LogP contribution in [0.3, 0.4) is 0 Å². The van der Waals surface area contributed by atoms with Crippen molar-refractivity contribution in [2.75, 3.05) is 30.3 Å². The van der Waals surface area contributed by atoms with Gasteiger partial charge in [0.15, 0.2) is 0 Å². The lowest BCUT2D eigenvalue weighted by atomic mass is 9.96. The van der Waals surface area contributed by atoms with E-state index in [4.69, 9.17) is 11.0 Å². The predicted octanol–water partition coefficient (Wildman–Crippen LogP) is 2.20. The predicted molar refractivity (Wildman–Crippen MR) is 81.6 cm³/mol. The summed E-state index contributed by atoms with van der Waals surface area (Å²) in [6.45, 7) is 5.61. The largest absolute Gasteiger partial charge is 0.397 e. The Morgan fingerprint density at radius 2 is 2.15 bits per heavy atom. The summed E-state index contributed by atoms with van der Waals surface area (Å²) in [5, 5.41) is 9.09. The topological polar surface area (TPSA) is 56.3 Å². The Kier molecular flexibility index (Phi) is 3.54. The van der Waals surface area contributed by atoms with E-state index in [-0.39, 0.29) is 0 Å². The number of piperazine rings is 1. The van der Waals surface area contributed by atoms with Crippen LogP contribution in [0.25, 0.3) is 0 Å². The molecular formula is C16H22N4. The summed E-state index contributed by atoms with van der Waals surface area (Å²) < 4.78 is 0. The number of benzene rings is 1. The molecule has 0 radical (unpaired) electrons. The van der Waals surface area contributed by atoms with Gasteiger partial charge in [-0.3, -0.25) is 4.90 Å². The van der Waals surface area contributed by atoms with E-state index in [2.05, 4.69) is 22.8 Å². The molecule has 20 heavy (non-hydrogen) atoms. The fourth-order valence-corrected chi connectivity index (χ4v) is 3.55. The maximum Gasteiger partial charge on any atom is 0.0992 e. The highest BCUT2D eigenvalue weighted by Crippen LogP contribution is 2.32. The van der Waals surface area contributed by atoms with Gasteiger partial charge < -0.3 is 10.6 Å². The highest BCUT2D eigenvalue weighted by atomic mass is 15.3. The van der Waals surface area contributed by atoms with E-state index in [1.165, 1.54) is 25.8 Å². The minimum atomic E-state index is 0.445. The molecule has 106 valence electrons. The van der Waals surface area contributed by atoms with Gasteiger partial charge in [0.25, 0.3) is 0 Å². The van der Waals surface area contributed by atoms with E-state index >= 15 is 0 Å². The second-order valence-electron chi connectivity index (χ2n) is 6.03. The Labute approximate surface area is 120 Å². The molecular weight excluding hydrogens is 248 g/mol. The number of fused-ring (bicyclic) bond motifs is 1. The number of rotatable bonds is 1. The van der Waals surface area contributed by atoms with Gasteiger partial charge in [-0.15, -0.1) is 0 Å². The Hall–Kier alpha value is -1.73. The van der Waals surface area contributed by atoms with Gasteiger partial charge in [-0.05, 0) is 44.5 Å². The Morgan fingerprint density at radius 1 is 1.30 bits per heavy atom. The van der Waals surface area contributed by atoms with E-state index in [1.807, 2.05) is 12.1 Å². The van der Waals surface area contributed by atoms with Crippen LogP contribution in [0.15, 0.2) is 18.2 Å². The number of nitrogens with zero attached hydrogens (tertiary/aromatic N) is 3. The third-order valence-electron chi connectivity index (χ3n) is 4.66. The Bertz CT molecular complexity index is 534. The summed E-state index contributed by atoms with van der Waals surface area (Å²) in [6.07, 6.45) is 3.94. The quantitative estimate of drug-likeness (QED) is 0.795. The molecule has 1 aromatic carbocycles. The van der Waals surface area contributed by atoms with Crippen LogP contribution in [0.2, 0.25) is 0 Å². The molecule has 0 saturated carbocycles. The van der Waals surface area contributed by atoms with E-state index < -0.39 is 0 Å². The summed E-state index contributed by atoms with van der Waals surface area (Å²) >= 11 is 0. The zero-order valence-electron chi connectivity index (χ0n) is 12.0. The van der Waals surface area contributed by atoms with Crippen molar-refractivity contribution in [3.05, 3.63) is 23.8 Å². The van der Waals surface area contributed by atoms with Gasteiger partial charge in [-0.25, -0.2) is 0 Å². The second kappa shape index (κ2) is 5.34. The van der Waals surface area contributed by atoms with Crippen LogP contribution in [-0.2, 0) is 0 Å². The molecule has 2 fully saturated rings. The monoisotopic (exact) mass is 270 g/mol. The molecule has 0 spiro atoms. The number of nitriles is 1. The third kappa shape index (κ3) is 2.34. The van der Waals surface area contributed by atoms with Crippen molar-refractivity contribution in [3.63, 3.8) is 0 Å². The van der Waals surface area contributed by atoms with Gasteiger partial charge >= 0.3 is 0 Å². The number of piperidine rings is 1. The molecule has 2 atom stereocenters. The number of hydrogen-bond acceptors (Lipinski definition) is 4. The molecule has 2 unspecified atom stereocenters. The van der Waals surface area contributed by atoms with E-state index in [9.17, 15) is 0 Å². The first kappa shape index (κ1) is 13.3. The van der Waals surface area contributed by atoms with E-state index in [0.717, 1.165) is 24.5 Å². The summed E-state index contributed by atoms with van der Waals surface area (Å²) in [7, 11) is 0. The lowest BCUT2D eigenvalue weighted by Gasteiger charge is -2.48. The van der Waals surface area contributed by atoms with Gasteiger partial charge in [0.1, 0.15) is 0 Å². The standard InChI is InChI=1S/C16H22N4/c1-12-10-19-7-3-2-4-14(19)11-20(12)16-8-13(9-17)5-6-15(16)18/h5-6,8,12,14H,2-4,7,10-11,18H2,1H3. The molecule has 1 aromatic rings. The molecule has 4 nitrogen and oxygen atoms in total. The first-order chi connectivity index (χ1) is 9.69. The summed E-state index contributed by atoms with van der Waals surface area (Å²) in [4.78, 5) is 5.01. The Morgan fingerprint density at radius 3 is 2.95 bits per heavy atom. The molecule has 2 heterocycles. The van der Waals surface area contributed by atoms with Crippen LogP contribution in [0.4, 0.5) is 11.4 Å². The molecule has 2 N–H and O–H groups in total. The third-order valence-corrected chi connectivity index (χ3v) is 4.66. The second-order valence-corrected chi connectivity index (χ2v) is 6.03. The number of anilines is 2. The smallest absolute Gasteiger partial charge is 0.0992 e. The van der Waals surface area contributed by atoms with Crippen LogP contribution < -0.4 is 10.6 Å². The van der Waals surface area contributed by atoms with Crippen molar-refractivity contribution in [2.45, 2.75) is 38.3 Å². The summed E-state index contributed by atoms with van der Waals surface area (Å²) in [6, 6.07) is 8.88. The van der Waals surface area contributed by atoms with Crippen LogP contribution >= 0.6 is 0 Å². The average Bonchev–Trinajstić information content (AvgIpc) is 2.47. The lowest BCUT2D eigenvalue weighted by Crippen LogP contribution is -2.59. The molecule has 0 aromatic heterocycles. The van der Waals surface area contributed by atoms with Crippen LogP contribution in [0, 0.1) is 11.3 Å². The van der Waals surface area contributed by atoms with Crippen molar-refractivity contribution in [2.24, 2.45) is 0 Å². The van der Waals surface area contributed by atoms with Crippen LogP contribution in [0.5, 0.6) is 0 Å². The highest BCUT2D eigenvalue weighted by molar-refractivity contribution is 5.70. The molecule has 0 bridgehead atoms. The highest BCUT2D eigenvalue weighted by Gasteiger charge is 2.33. The minimum Gasteiger partial charge on any atom is -0.397 e. The molecule has 2 saturated heterocycles. The summed E-state index contributed by atoms with van der Waals surface area (Å²) in [5.41, 5.74) is 8.64. The first-order valence-electron chi connectivity index (χ1n) is 7.49. The minimum absolute atomic E-state index is 0.445. The van der Waals surface area contributed by atoms with Gasteiger partial charge in [0.05, 0.1) is 23.0 Å². The van der Waals surface area contributed by atoms with E-state index in [0.29, 0.717) is 17.6 Å². The number of nitrogens with two attached hydrogens (primary N) is 1. The zero-order valence-corrected chi connectivity index (χ0v) is 12.0. The fraction of sp³-hybridized carbons (Fsp3) is 0.562. The fourth-order valence-electron chi connectivity index (χ4n) is 3.55. The maximum absolute atomic E-state index is 9.09. The molecule has 3 rings (SSSR count). The van der Waals surface area contributed by atoms with Crippen molar-refractivity contribution in [3.8, 4) is 6.07 Å². The van der Waals surface area contributed by atoms with Crippen molar-refractivity contribution in [1.29, 1.82) is 5.26 Å². The summed E-state index contributed by atoms with van der Waals surface area (Å²) in [5.74, 6) is 0. The van der Waals surface area contributed by atoms with Crippen molar-refractivity contribution < 1.29 is 0 Å². The average molecular weight is 270 g/mol. The normalized spacial score (nSPS) is 26.9.